The van der Waals surface area contributed by atoms with Gasteiger partial charge in [0.25, 0.3) is 0 Å². The molecule has 0 aromatic carbocycles. The highest BCUT2D eigenvalue weighted by atomic mass is 16.4. The van der Waals surface area contributed by atoms with Crippen molar-refractivity contribution < 1.29 is 14.7 Å². The van der Waals surface area contributed by atoms with Crippen molar-refractivity contribution in [2.24, 2.45) is 0 Å². The maximum absolute atomic E-state index is 10.6. The van der Waals surface area contributed by atoms with Gasteiger partial charge in [0, 0.05) is 0 Å². The van der Waals surface area contributed by atoms with Crippen LogP contribution in [0, 0.1) is 0 Å². The second-order valence-electron chi connectivity index (χ2n) is 2.08. The summed E-state index contributed by atoms with van der Waals surface area (Å²) >= 11 is 0. The van der Waals surface area contributed by atoms with E-state index in [0.717, 1.165) is 0 Å². The number of carboxylic acid groups (broad SMARTS) is 1. The standard InChI is InChI=1S/C5H8N2O3/c8-4-1-3(5(9)10)6-2-7-4/h3,6H,1-2H2,(H,7,8)(H,9,10). The summed E-state index contributed by atoms with van der Waals surface area (Å²) in [5, 5.41) is 13.5. The van der Waals surface area contributed by atoms with Gasteiger partial charge in [-0.2, -0.15) is 0 Å². The molecular weight excluding hydrogens is 136 g/mol. The average Bonchev–Trinajstić information content (AvgIpc) is 1.88. The Kier molecular flexibility index (Phi) is 1.86. The van der Waals surface area contributed by atoms with Gasteiger partial charge in [-0.15, -0.1) is 0 Å². The van der Waals surface area contributed by atoms with Crippen LogP contribution in [0.2, 0.25) is 0 Å². The lowest BCUT2D eigenvalue weighted by Gasteiger charge is -2.19. The normalized spacial score (nSPS) is 25.6. The zero-order chi connectivity index (χ0) is 7.56. The number of amides is 1. The van der Waals surface area contributed by atoms with Crippen LogP contribution < -0.4 is 10.6 Å². The summed E-state index contributed by atoms with van der Waals surface area (Å²) in [6, 6.07) is -0.714. The first kappa shape index (κ1) is 7.01. The van der Waals surface area contributed by atoms with E-state index in [1.807, 2.05) is 0 Å². The second kappa shape index (κ2) is 2.66. The van der Waals surface area contributed by atoms with E-state index in [1.54, 1.807) is 0 Å². The van der Waals surface area contributed by atoms with Gasteiger partial charge in [-0.3, -0.25) is 14.9 Å². The molecule has 1 heterocycles. The Balaban J connectivity index is 2.47. The van der Waals surface area contributed by atoms with E-state index in [-0.39, 0.29) is 19.0 Å². The largest absolute Gasteiger partial charge is 0.480 e. The van der Waals surface area contributed by atoms with Crippen molar-refractivity contribution in [2.45, 2.75) is 12.5 Å². The fraction of sp³-hybridized carbons (Fsp3) is 0.600. The molecule has 0 bridgehead atoms. The zero-order valence-electron chi connectivity index (χ0n) is 5.26. The third-order valence-electron chi connectivity index (χ3n) is 1.32. The number of aliphatic carboxylic acids is 1. The lowest BCUT2D eigenvalue weighted by Crippen LogP contribution is -2.51. The van der Waals surface area contributed by atoms with Crippen molar-refractivity contribution in [2.75, 3.05) is 6.67 Å². The van der Waals surface area contributed by atoms with Crippen LogP contribution in [0.5, 0.6) is 0 Å². The molecule has 0 aromatic rings. The lowest BCUT2D eigenvalue weighted by molar-refractivity contribution is -0.142. The van der Waals surface area contributed by atoms with E-state index < -0.39 is 12.0 Å². The fourth-order valence-electron chi connectivity index (χ4n) is 0.777. The Bertz CT molecular complexity index is 166. The summed E-state index contributed by atoms with van der Waals surface area (Å²) in [5.74, 6) is -1.19. The molecule has 1 aliphatic rings. The molecule has 10 heavy (non-hydrogen) atoms. The molecule has 5 nitrogen and oxygen atoms in total. The van der Waals surface area contributed by atoms with Gasteiger partial charge < -0.3 is 10.4 Å². The Morgan fingerprint density at radius 1 is 1.70 bits per heavy atom. The SMILES string of the molecule is O=C1CC(C(=O)O)NCN1. The van der Waals surface area contributed by atoms with Gasteiger partial charge in [0.1, 0.15) is 6.04 Å². The van der Waals surface area contributed by atoms with Gasteiger partial charge in [0.2, 0.25) is 5.91 Å². The van der Waals surface area contributed by atoms with E-state index in [1.165, 1.54) is 0 Å². The summed E-state index contributed by atoms with van der Waals surface area (Å²) in [7, 11) is 0. The molecule has 0 aromatic heterocycles. The second-order valence-corrected chi connectivity index (χ2v) is 2.08. The minimum atomic E-state index is -0.977. The first-order chi connectivity index (χ1) is 4.70. The van der Waals surface area contributed by atoms with Gasteiger partial charge in [-0.1, -0.05) is 0 Å². The van der Waals surface area contributed by atoms with Crippen molar-refractivity contribution in [3.63, 3.8) is 0 Å². The molecule has 0 aliphatic carbocycles. The topological polar surface area (TPSA) is 78.4 Å². The minimum Gasteiger partial charge on any atom is -0.480 e. The lowest BCUT2D eigenvalue weighted by atomic mass is 10.2. The molecule has 1 aliphatic heterocycles. The first-order valence-corrected chi connectivity index (χ1v) is 2.93. The smallest absolute Gasteiger partial charge is 0.321 e. The zero-order valence-corrected chi connectivity index (χ0v) is 5.26. The summed E-state index contributed by atoms with van der Waals surface area (Å²) in [6.07, 6.45) is 0.0231. The van der Waals surface area contributed by atoms with E-state index in [9.17, 15) is 9.59 Å². The molecule has 3 N–H and O–H groups in total. The predicted octanol–water partition coefficient (Wildman–Crippen LogP) is -1.49. The van der Waals surface area contributed by atoms with Gasteiger partial charge in [0.15, 0.2) is 0 Å². The summed E-state index contributed by atoms with van der Waals surface area (Å²) in [6.45, 7) is 0.246. The van der Waals surface area contributed by atoms with Crippen LogP contribution >= 0.6 is 0 Å². The average molecular weight is 144 g/mol. The van der Waals surface area contributed by atoms with Crippen molar-refractivity contribution in [3.8, 4) is 0 Å². The number of hydrogen-bond donors (Lipinski definition) is 3. The van der Waals surface area contributed by atoms with Gasteiger partial charge in [-0.25, -0.2) is 0 Å². The summed E-state index contributed by atoms with van der Waals surface area (Å²) < 4.78 is 0. The molecule has 1 fully saturated rings. The van der Waals surface area contributed by atoms with Crippen LogP contribution in [0.3, 0.4) is 0 Å². The highest BCUT2D eigenvalue weighted by Gasteiger charge is 2.23. The van der Waals surface area contributed by atoms with Gasteiger partial charge in [0.05, 0.1) is 13.1 Å². The third-order valence-corrected chi connectivity index (χ3v) is 1.32. The Hall–Kier alpha value is -1.10. The van der Waals surface area contributed by atoms with E-state index >= 15 is 0 Å². The molecule has 1 rings (SSSR count). The minimum absolute atomic E-state index is 0.0231. The molecular formula is C5H8N2O3. The van der Waals surface area contributed by atoms with Gasteiger partial charge >= 0.3 is 5.97 Å². The number of nitrogens with one attached hydrogen (secondary N) is 2. The summed E-state index contributed by atoms with van der Waals surface area (Å²) in [4.78, 5) is 20.8. The van der Waals surface area contributed by atoms with Crippen LogP contribution in [-0.2, 0) is 9.59 Å². The van der Waals surface area contributed by atoms with E-state index in [0.29, 0.717) is 0 Å². The third kappa shape index (κ3) is 1.44. The van der Waals surface area contributed by atoms with Crippen molar-refractivity contribution >= 4 is 11.9 Å². The van der Waals surface area contributed by atoms with Gasteiger partial charge in [-0.05, 0) is 0 Å². The van der Waals surface area contributed by atoms with Crippen molar-refractivity contribution in [1.82, 2.24) is 10.6 Å². The van der Waals surface area contributed by atoms with Crippen LogP contribution in [-0.4, -0.2) is 29.7 Å². The highest BCUT2D eigenvalue weighted by Crippen LogP contribution is 1.95. The monoisotopic (exact) mass is 144 g/mol. The molecule has 1 unspecified atom stereocenters. The Labute approximate surface area is 57.4 Å². The first-order valence-electron chi connectivity index (χ1n) is 2.93. The quantitative estimate of drug-likeness (QED) is 0.419. The number of rotatable bonds is 1. The van der Waals surface area contributed by atoms with Crippen LogP contribution in [0.4, 0.5) is 0 Å². The van der Waals surface area contributed by atoms with Crippen LogP contribution in [0.1, 0.15) is 6.42 Å². The Morgan fingerprint density at radius 3 is 2.80 bits per heavy atom. The maximum atomic E-state index is 10.6. The van der Waals surface area contributed by atoms with Crippen molar-refractivity contribution in [1.29, 1.82) is 0 Å². The van der Waals surface area contributed by atoms with Crippen LogP contribution in [0.25, 0.3) is 0 Å². The maximum Gasteiger partial charge on any atom is 0.321 e. The van der Waals surface area contributed by atoms with Crippen molar-refractivity contribution in [3.05, 3.63) is 0 Å². The summed E-state index contributed by atoms with van der Waals surface area (Å²) in [5.41, 5.74) is 0. The fourth-order valence-corrected chi connectivity index (χ4v) is 0.777. The number of carboxylic acids is 1. The highest BCUT2D eigenvalue weighted by molar-refractivity contribution is 5.85. The molecule has 56 valence electrons. The molecule has 1 saturated heterocycles. The molecule has 0 saturated carbocycles. The number of carbonyl (C=O) groups excluding carboxylic acids is 1. The molecule has 5 heteroatoms. The number of carbonyl (C=O) groups is 2. The Morgan fingerprint density at radius 2 is 2.40 bits per heavy atom. The number of hydrogen-bond acceptors (Lipinski definition) is 3. The molecule has 1 atom stereocenters. The predicted molar refractivity (Wildman–Crippen MR) is 32.2 cm³/mol. The molecule has 0 spiro atoms. The van der Waals surface area contributed by atoms with E-state index in [2.05, 4.69) is 10.6 Å². The van der Waals surface area contributed by atoms with Crippen LogP contribution in [0.15, 0.2) is 0 Å². The molecule has 1 amide bonds. The van der Waals surface area contributed by atoms with E-state index in [4.69, 9.17) is 5.11 Å². The molecule has 0 radical (unpaired) electrons.